The summed E-state index contributed by atoms with van der Waals surface area (Å²) in [6.45, 7) is 6.51. The van der Waals surface area contributed by atoms with Crippen LogP contribution < -0.4 is 27.6 Å². The number of nitrogens with one attached hydrogen (secondary N) is 2. The molecule has 4 aromatic rings. The topological polar surface area (TPSA) is 194 Å². The zero-order valence-corrected chi connectivity index (χ0v) is 27.3. The Bertz CT molecular complexity index is 1860. The number of benzene rings is 2. The van der Waals surface area contributed by atoms with Crippen LogP contribution in [-0.2, 0) is 16.6 Å². The van der Waals surface area contributed by atoms with Crippen molar-refractivity contribution < 1.29 is 8.42 Å². The van der Waals surface area contributed by atoms with Gasteiger partial charge < -0.3 is 27.1 Å². The van der Waals surface area contributed by atoms with Crippen LogP contribution in [-0.4, -0.2) is 90.6 Å². The number of nitrogens with two attached hydrogens (primary N) is 3. The van der Waals surface area contributed by atoms with Crippen LogP contribution in [0.5, 0.6) is 0 Å². The van der Waals surface area contributed by atoms with Crippen molar-refractivity contribution in [3.8, 4) is 16.9 Å². The third-order valence-electron chi connectivity index (χ3n) is 9.17. The summed E-state index contributed by atoms with van der Waals surface area (Å²) >= 11 is 0. The molecule has 3 saturated heterocycles. The number of aliphatic imine (C=N–C) groups is 1. The third-order valence-corrected chi connectivity index (χ3v) is 10.7. The van der Waals surface area contributed by atoms with E-state index in [1.165, 1.54) is 4.57 Å². The lowest BCUT2D eigenvalue weighted by Gasteiger charge is -2.44. The lowest BCUT2D eigenvalue weighted by atomic mass is 9.85. The van der Waals surface area contributed by atoms with E-state index < -0.39 is 15.7 Å². The standard InChI is InChI=1S/C33H44N10O3S/c34-13-1-15-41(16-2-14-37-32(35)36)20-23-3-7-27(8-4-23)43-21-26-19-29(38-31(26)39-33(43)44)24-5-9-28(10-6-24)47(45,46)40-30-22-42-17-11-25(30)12-18-42/h3-10,19,21,25,30,40H,1-2,11-18,20,22,34H2,(H4,35,36,37)(H,38,39,44). The molecule has 0 saturated carbocycles. The Morgan fingerprint density at radius 2 is 1.77 bits per heavy atom. The first-order valence-corrected chi connectivity index (χ1v) is 17.7. The van der Waals surface area contributed by atoms with Gasteiger partial charge in [-0.2, -0.15) is 4.98 Å². The van der Waals surface area contributed by atoms with Gasteiger partial charge in [-0.3, -0.25) is 14.5 Å². The summed E-state index contributed by atoms with van der Waals surface area (Å²) in [6, 6.07) is 16.5. The summed E-state index contributed by atoms with van der Waals surface area (Å²) in [5, 5.41) is 0.762. The van der Waals surface area contributed by atoms with Gasteiger partial charge >= 0.3 is 5.69 Å². The second-order valence-corrected chi connectivity index (χ2v) is 14.2. The molecule has 2 aromatic heterocycles. The van der Waals surface area contributed by atoms with Gasteiger partial charge in [0.15, 0.2) is 5.96 Å². The van der Waals surface area contributed by atoms with Gasteiger partial charge in [0.05, 0.1) is 10.6 Å². The lowest BCUT2D eigenvalue weighted by Crippen LogP contribution is -2.57. The Labute approximate surface area is 274 Å². The zero-order valence-electron chi connectivity index (χ0n) is 26.5. The summed E-state index contributed by atoms with van der Waals surface area (Å²) in [5.74, 6) is 0.497. The van der Waals surface area contributed by atoms with E-state index in [1.807, 2.05) is 30.3 Å². The molecule has 3 fully saturated rings. The van der Waals surface area contributed by atoms with Crippen LogP contribution in [0.3, 0.4) is 0 Å². The van der Waals surface area contributed by atoms with Gasteiger partial charge in [0, 0.05) is 49.5 Å². The summed E-state index contributed by atoms with van der Waals surface area (Å²) in [5.41, 5.74) is 20.1. The van der Waals surface area contributed by atoms with Crippen molar-refractivity contribution in [3.63, 3.8) is 0 Å². The van der Waals surface area contributed by atoms with Crippen LogP contribution in [0.15, 0.2) is 75.5 Å². The Morgan fingerprint density at radius 3 is 2.43 bits per heavy atom. The van der Waals surface area contributed by atoms with Gasteiger partial charge in [0.2, 0.25) is 10.0 Å². The molecule has 3 aliphatic rings. The predicted molar refractivity (Wildman–Crippen MR) is 185 cm³/mol. The van der Waals surface area contributed by atoms with Gasteiger partial charge in [-0.05, 0) is 99.2 Å². The first-order chi connectivity index (χ1) is 22.7. The first-order valence-electron chi connectivity index (χ1n) is 16.2. The molecule has 14 heteroatoms. The highest BCUT2D eigenvalue weighted by molar-refractivity contribution is 7.89. The van der Waals surface area contributed by atoms with E-state index in [0.717, 1.165) is 87.2 Å². The maximum Gasteiger partial charge on any atom is 0.354 e. The number of hydrogen-bond acceptors (Lipinski definition) is 8. The molecule has 250 valence electrons. The van der Waals surface area contributed by atoms with Crippen molar-refractivity contribution in [1.82, 2.24) is 29.1 Å². The molecule has 1 unspecified atom stereocenters. The first kappa shape index (κ1) is 32.8. The lowest BCUT2D eigenvalue weighted by molar-refractivity contribution is 0.0827. The van der Waals surface area contributed by atoms with Crippen molar-refractivity contribution in [2.45, 2.75) is 43.2 Å². The second-order valence-electron chi connectivity index (χ2n) is 12.5. The van der Waals surface area contributed by atoms with Crippen molar-refractivity contribution in [1.29, 1.82) is 0 Å². The monoisotopic (exact) mass is 660 g/mol. The molecule has 3 aliphatic heterocycles. The Morgan fingerprint density at radius 1 is 1.04 bits per heavy atom. The van der Waals surface area contributed by atoms with E-state index >= 15 is 0 Å². The number of guanidine groups is 1. The van der Waals surface area contributed by atoms with Crippen molar-refractivity contribution in [3.05, 3.63) is 76.8 Å². The van der Waals surface area contributed by atoms with E-state index in [9.17, 15) is 13.2 Å². The Hall–Kier alpha value is -4.08. The molecule has 7 rings (SSSR count). The van der Waals surface area contributed by atoms with Crippen molar-refractivity contribution >= 4 is 27.0 Å². The maximum atomic E-state index is 13.2. The van der Waals surface area contributed by atoms with Gasteiger partial charge in [0.25, 0.3) is 0 Å². The smallest absolute Gasteiger partial charge is 0.354 e. The van der Waals surface area contributed by atoms with Crippen LogP contribution in [0.2, 0.25) is 0 Å². The highest BCUT2D eigenvalue weighted by Gasteiger charge is 2.36. The van der Waals surface area contributed by atoms with E-state index in [-0.39, 0.29) is 16.9 Å². The molecule has 2 bridgehead atoms. The van der Waals surface area contributed by atoms with Gasteiger partial charge in [-0.25, -0.2) is 17.9 Å². The maximum absolute atomic E-state index is 13.2. The van der Waals surface area contributed by atoms with Crippen LogP contribution >= 0.6 is 0 Å². The normalized spacial score (nSPS) is 19.4. The van der Waals surface area contributed by atoms with Crippen LogP contribution in [0.25, 0.3) is 28.0 Å². The molecule has 0 amide bonds. The number of hydrogen-bond donors (Lipinski definition) is 5. The molecule has 0 radical (unpaired) electrons. The fourth-order valence-corrected chi connectivity index (χ4v) is 7.92. The molecule has 5 heterocycles. The highest BCUT2D eigenvalue weighted by Crippen LogP contribution is 2.29. The number of piperidine rings is 3. The van der Waals surface area contributed by atoms with Crippen LogP contribution in [0, 0.1) is 5.92 Å². The number of aromatic nitrogens is 3. The van der Waals surface area contributed by atoms with E-state index in [1.54, 1.807) is 30.5 Å². The van der Waals surface area contributed by atoms with Gasteiger partial charge in [0.1, 0.15) is 5.65 Å². The summed E-state index contributed by atoms with van der Waals surface area (Å²) in [6.07, 6.45) is 5.57. The number of aromatic amines is 1. The highest BCUT2D eigenvalue weighted by atomic mass is 32.2. The Balaban J connectivity index is 1.14. The second kappa shape index (κ2) is 14.4. The third kappa shape index (κ3) is 7.91. The zero-order chi connectivity index (χ0) is 33.0. The molecule has 8 N–H and O–H groups in total. The fourth-order valence-electron chi connectivity index (χ4n) is 6.62. The number of sulfonamides is 1. The van der Waals surface area contributed by atoms with Crippen molar-refractivity contribution in [2.24, 2.45) is 28.1 Å². The average Bonchev–Trinajstić information content (AvgIpc) is 3.48. The van der Waals surface area contributed by atoms with Crippen LogP contribution in [0.1, 0.15) is 31.2 Å². The molecule has 13 nitrogen and oxygen atoms in total. The number of nitrogens with zero attached hydrogens (tertiary/aromatic N) is 5. The minimum Gasteiger partial charge on any atom is -0.370 e. The van der Waals surface area contributed by atoms with Crippen molar-refractivity contribution in [2.75, 3.05) is 45.8 Å². The fraction of sp³-hybridized carbons (Fsp3) is 0.424. The van der Waals surface area contributed by atoms with Crippen LogP contribution in [0.4, 0.5) is 0 Å². The molecule has 2 aromatic carbocycles. The SMILES string of the molecule is NCCCN(CCCN=C(N)N)Cc1ccc(-n2cc3cc(-c4ccc(S(=O)(=O)NC5CN6CCC5CC6)cc4)[nH]c3nc2=O)cc1. The number of H-pyrrole nitrogens is 1. The minimum atomic E-state index is -3.64. The largest absolute Gasteiger partial charge is 0.370 e. The van der Waals surface area contributed by atoms with E-state index in [4.69, 9.17) is 17.2 Å². The summed E-state index contributed by atoms with van der Waals surface area (Å²) in [7, 11) is -3.64. The quantitative estimate of drug-likeness (QED) is 0.0758. The molecule has 0 spiro atoms. The number of fused-ring (bicyclic) bond motifs is 4. The average molecular weight is 661 g/mol. The summed E-state index contributed by atoms with van der Waals surface area (Å²) < 4.78 is 30.8. The molecule has 47 heavy (non-hydrogen) atoms. The molecular formula is C33H44N10O3S. The van der Waals surface area contributed by atoms with E-state index in [2.05, 4.69) is 29.5 Å². The van der Waals surface area contributed by atoms with Gasteiger partial charge in [-0.1, -0.05) is 24.3 Å². The molecule has 0 aliphatic carbocycles. The predicted octanol–water partition coefficient (Wildman–Crippen LogP) is 1.57. The van der Waals surface area contributed by atoms with Gasteiger partial charge in [-0.15, -0.1) is 0 Å². The minimum absolute atomic E-state index is 0.0462. The summed E-state index contributed by atoms with van der Waals surface area (Å²) in [4.78, 5) is 29.5. The van der Waals surface area contributed by atoms with E-state index in [0.29, 0.717) is 30.3 Å². The molecule has 1 atom stereocenters. The molecular weight excluding hydrogens is 616 g/mol. The number of rotatable bonds is 14. The Kier molecular flexibility index (Phi) is 10.0.